The van der Waals surface area contributed by atoms with Crippen molar-refractivity contribution < 1.29 is 14.3 Å². The van der Waals surface area contributed by atoms with Gasteiger partial charge in [0.25, 0.3) is 5.91 Å². The number of benzene rings is 3. The molecule has 2 amide bonds. The molecular formula is C31H33N3O3. The zero-order valence-corrected chi connectivity index (χ0v) is 21.2. The molecule has 0 radical (unpaired) electrons. The van der Waals surface area contributed by atoms with Gasteiger partial charge in [0.1, 0.15) is 6.61 Å². The largest absolute Gasteiger partial charge is 0.448 e. The number of piperidine rings is 1. The summed E-state index contributed by atoms with van der Waals surface area (Å²) in [6, 6.07) is 28.6. The second kappa shape index (κ2) is 11.4. The number of rotatable bonds is 7. The van der Waals surface area contributed by atoms with Gasteiger partial charge in [0.15, 0.2) is 0 Å². The van der Waals surface area contributed by atoms with Crippen LogP contribution in [0.25, 0.3) is 5.57 Å². The van der Waals surface area contributed by atoms with Gasteiger partial charge in [0, 0.05) is 49.0 Å². The fourth-order valence-electron chi connectivity index (χ4n) is 5.07. The number of ether oxygens (including phenoxy) is 1. The van der Waals surface area contributed by atoms with Gasteiger partial charge in [-0.05, 0) is 37.0 Å². The Labute approximate surface area is 218 Å². The Morgan fingerprint density at radius 3 is 2.08 bits per heavy atom. The Bertz CT molecular complexity index is 1220. The van der Waals surface area contributed by atoms with Crippen molar-refractivity contribution in [2.24, 2.45) is 0 Å². The molecule has 1 saturated heterocycles. The summed E-state index contributed by atoms with van der Waals surface area (Å²) in [6.07, 6.45) is 1.07. The molecule has 0 aliphatic carbocycles. The van der Waals surface area contributed by atoms with Gasteiger partial charge in [-0.2, -0.15) is 0 Å². The Morgan fingerprint density at radius 1 is 0.892 bits per heavy atom. The fourth-order valence-corrected chi connectivity index (χ4v) is 5.07. The van der Waals surface area contributed by atoms with E-state index >= 15 is 0 Å². The van der Waals surface area contributed by atoms with Crippen LogP contribution in [-0.4, -0.2) is 47.5 Å². The smallest absolute Gasteiger partial charge is 0.409 e. The highest BCUT2D eigenvalue weighted by atomic mass is 16.6. The average molecular weight is 496 g/mol. The van der Waals surface area contributed by atoms with E-state index in [9.17, 15) is 9.59 Å². The molecule has 37 heavy (non-hydrogen) atoms. The molecule has 3 aromatic rings. The molecule has 1 atom stereocenters. The fraction of sp³-hybridized carbons (Fsp3) is 0.290. The Balaban J connectivity index is 1.18. The van der Waals surface area contributed by atoms with Crippen LogP contribution in [0.15, 0.2) is 90.5 Å². The maximum atomic E-state index is 12.9. The number of fused-ring (bicyclic) bond motifs is 1. The van der Waals surface area contributed by atoms with Crippen LogP contribution in [0.5, 0.6) is 0 Å². The summed E-state index contributed by atoms with van der Waals surface area (Å²) >= 11 is 0. The van der Waals surface area contributed by atoms with Gasteiger partial charge in [-0.15, -0.1) is 0 Å². The van der Waals surface area contributed by atoms with Crippen molar-refractivity contribution in [1.29, 1.82) is 0 Å². The van der Waals surface area contributed by atoms with E-state index in [4.69, 9.17) is 4.74 Å². The normalized spacial score (nSPS) is 15.9. The predicted molar refractivity (Wildman–Crippen MR) is 146 cm³/mol. The second-order valence-electron chi connectivity index (χ2n) is 9.77. The Hall–Kier alpha value is -3.90. The van der Waals surface area contributed by atoms with E-state index in [1.54, 1.807) is 4.90 Å². The summed E-state index contributed by atoms with van der Waals surface area (Å²) in [7, 11) is 0. The van der Waals surface area contributed by atoms with Gasteiger partial charge >= 0.3 is 6.09 Å². The van der Waals surface area contributed by atoms with E-state index in [1.807, 2.05) is 36.4 Å². The average Bonchev–Trinajstić information content (AvgIpc) is 3.28. The van der Waals surface area contributed by atoms with Crippen molar-refractivity contribution in [1.82, 2.24) is 9.80 Å². The number of hydrogen-bond donors (Lipinski definition) is 1. The number of hydrogen-bond acceptors (Lipinski definition) is 4. The molecule has 1 N–H and O–H groups in total. The monoisotopic (exact) mass is 495 g/mol. The van der Waals surface area contributed by atoms with Crippen molar-refractivity contribution in [3.63, 3.8) is 0 Å². The van der Waals surface area contributed by atoms with Crippen LogP contribution in [0.2, 0.25) is 0 Å². The molecule has 0 spiro atoms. The molecule has 0 unspecified atom stereocenters. The van der Waals surface area contributed by atoms with Crippen molar-refractivity contribution in [2.45, 2.75) is 38.9 Å². The number of likely N-dealkylation sites (tertiary alicyclic amines) is 1. The van der Waals surface area contributed by atoms with Crippen LogP contribution in [0, 0.1) is 0 Å². The SMILES string of the molecule is C[C@@H](COC(=O)N1CCC(=C2C(=O)Nc3ccccc32)CC1)N(Cc1ccccc1)Cc1ccccc1. The Kier molecular flexibility index (Phi) is 7.66. The van der Waals surface area contributed by atoms with Gasteiger partial charge in [0.2, 0.25) is 0 Å². The molecule has 0 bridgehead atoms. The van der Waals surface area contributed by atoms with E-state index in [0.717, 1.165) is 35.5 Å². The predicted octanol–water partition coefficient (Wildman–Crippen LogP) is 5.72. The molecule has 2 aliphatic heterocycles. The molecule has 0 aromatic heterocycles. The van der Waals surface area contributed by atoms with Crippen molar-refractivity contribution >= 4 is 23.3 Å². The third-order valence-corrected chi connectivity index (χ3v) is 7.18. The van der Waals surface area contributed by atoms with Gasteiger partial charge < -0.3 is 15.0 Å². The molecule has 2 heterocycles. The van der Waals surface area contributed by atoms with Crippen LogP contribution in [0.4, 0.5) is 10.5 Å². The maximum absolute atomic E-state index is 12.9. The van der Waals surface area contributed by atoms with Crippen molar-refractivity contribution in [3.05, 3.63) is 107 Å². The van der Waals surface area contributed by atoms with Crippen LogP contribution in [0.1, 0.15) is 36.5 Å². The first-order valence-corrected chi connectivity index (χ1v) is 12.9. The summed E-state index contributed by atoms with van der Waals surface area (Å²) < 4.78 is 5.79. The lowest BCUT2D eigenvalue weighted by Gasteiger charge is -2.31. The molecule has 1 fully saturated rings. The topological polar surface area (TPSA) is 61.9 Å². The summed E-state index contributed by atoms with van der Waals surface area (Å²) in [5.74, 6) is -0.0435. The molecular weight excluding hydrogens is 462 g/mol. The summed E-state index contributed by atoms with van der Waals surface area (Å²) in [4.78, 5) is 29.6. The van der Waals surface area contributed by atoms with Crippen molar-refractivity contribution in [3.8, 4) is 0 Å². The third-order valence-electron chi connectivity index (χ3n) is 7.18. The maximum Gasteiger partial charge on any atom is 0.409 e. The Morgan fingerprint density at radius 2 is 1.46 bits per heavy atom. The molecule has 6 heteroatoms. The second-order valence-corrected chi connectivity index (χ2v) is 9.77. The lowest BCUT2D eigenvalue weighted by atomic mass is 9.94. The van der Waals surface area contributed by atoms with Gasteiger partial charge in [-0.25, -0.2) is 4.79 Å². The number of para-hydroxylation sites is 1. The zero-order valence-electron chi connectivity index (χ0n) is 21.2. The highest BCUT2D eigenvalue weighted by molar-refractivity contribution is 6.32. The molecule has 6 nitrogen and oxygen atoms in total. The quantitative estimate of drug-likeness (QED) is 0.426. The first kappa shape index (κ1) is 24.8. The lowest BCUT2D eigenvalue weighted by Crippen LogP contribution is -2.41. The first-order chi connectivity index (χ1) is 18.1. The van der Waals surface area contributed by atoms with E-state index in [2.05, 4.69) is 65.7 Å². The number of amides is 2. The van der Waals surface area contributed by atoms with Crippen molar-refractivity contribution in [2.75, 3.05) is 25.0 Å². The highest BCUT2D eigenvalue weighted by Crippen LogP contribution is 2.36. The number of carbonyl (C=O) groups excluding carboxylic acids is 2. The number of nitrogens with zero attached hydrogens (tertiary/aromatic N) is 2. The van der Waals surface area contributed by atoms with Gasteiger partial charge in [0.05, 0.1) is 0 Å². The molecule has 2 aliphatic rings. The minimum absolute atomic E-state index is 0.0435. The molecule has 3 aromatic carbocycles. The zero-order chi connectivity index (χ0) is 25.6. The highest BCUT2D eigenvalue weighted by Gasteiger charge is 2.30. The van der Waals surface area contributed by atoms with Gasteiger partial charge in [-0.1, -0.05) is 84.4 Å². The first-order valence-electron chi connectivity index (χ1n) is 12.9. The minimum atomic E-state index is -0.286. The standard InChI is InChI=1S/C31H33N3O3/c1-23(34(20-24-10-4-2-5-11-24)21-25-12-6-3-7-13-25)22-37-31(36)33-18-16-26(17-19-33)29-27-14-8-9-15-28(27)32-30(29)35/h2-15,23H,16-22H2,1H3,(H,32,35)/t23-/m0/s1. The van der Waals surface area contributed by atoms with Crippen LogP contribution >= 0.6 is 0 Å². The van der Waals surface area contributed by atoms with E-state index in [0.29, 0.717) is 32.5 Å². The number of anilines is 1. The minimum Gasteiger partial charge on any atom is -0.448 e. The molecule has 0 saturated carbocycles. The lowest BCUT2D eigenvalue weighted by molar-refractivity contribution is -0.110. The van der Waals surface area contributed by atoms with E-state index in [-0.39, 0.29) is 18.0 Å². The third kappa shape index (κ3) is 5.92. The van der Waals surface area contributed by atoms with Crippen LogP contribution < -0.4 is 5.32 Å². The summed E-state index contributed by atoms with van der Waals surface area (Å²) in [6.45, 7) is 5.09. The molecule has 5 rings (SSSR count). The van der Waals surface area contributed by atoms with Crippen LogP contribution in [0.3, 0.4) is 0 Å². The van der Waals surface area contributed by atoms with E-state index in [1.165, 1.54) is 11.1 Å². The van der Waals surface area contributed by atoms with E-state index < -0.39 is 0 Å². The number of nitrogens with one attached hydrogen (secondary N) is 1. The van der Waals surface area contributed by atoms with Crippen LogP contribution in [-0.2, 0) is 22.6 Å². The molecule has 190 valence electrons. The number of carbonyl (C=O) groups is 2. The summed E-state index contributed by atoms with van der Waals surface area (Å²) in [5, 5.41) is 2.95. The van der Waals surface area contributed by atoms with Gasteiger partial charge in [-0.3, -0.25) is 9.69 Å². The summed E-state index contributed by atoms with van der Waals surface area (Å²) in [5.41, 5.74) is 6.16.